The molecule has 10 N–H and O–H groups in total. The predicted octanol–water partition coefficient (Wildman–Crippen LogP) is 0.612. The molecular weight excluding hydrogens is 907 g/mol. The number of hydrogen-bond donors (Lipinski definition) is 9. The van der Waals surface area contributed by atoms with E-state index >= 15 is 0 Å². The topological polar surface area (TPSA) is 373 Å². The Morgan fingerprint density at radius 3 is 2.44 bits per heavy atom. The molecule has 1 fully saturated rings. The van der Waals surface area contributed by atoms with Crippen LogP contribution in [0.2, 0.25) is 0 Å². The quantitative estimate of drug-likeness (QED) is 0.0337. The number of anilines is 1. The summed E-state index contributed by atoms with van der Waals surface area (Å²) in [6.45, 7) is 2.28. The molecule has 2 aromatic heterocycles. The fraction of sp³-hybridized carbons (Fsp3) is 0.515. The van der Waals surface area contributed by atoms with Crippen molar-refractivity contribution in [3.05, 3.63) is 60.7 Å². The van der Waals surface area contributed by atoms with E-state index in [1.807, 2.05) is 30.3 Å². The van der Waals surface area contributed by atoms with E-state index in [0.29, 0.717) is 6.61 Å². The maximum Gasteiger partial charge on any atom is 0.481 e. The summed E-state index contributed by atoms with van der Waals surface area (Å²) >= 11 is 0.982. The first-order chi connectivity index (χ1) is 28.9. The average Bonchev–Trinajstić information content (AvgIpc) is 3.74. The van der Waals surface area contributed by atoms with Crippen LogP contribution >= 0.6 is 35.2 Å². The predicted molar refractivity (Wildman–Crippen MR) is 217 cm³/mol. The molecule has 29 heteroatoms. The highest BCUT2D eigenvalue weighted by atomic mass is 32.2. The molecule has 344 valence electrons. The molecule has 0 saturated carbocycles. The molecule has 3 heterocycles. The maximum absolute atomic E-state index is 12.8. The van der Waals surface area contributed by atoms with E-state index in [1.54, 1.807) is 6.08 Å². The van der Waals surface area contributed by atoms with Crippen LogP contribution in [0, 0.1) is 5.41 Å². The van der Waals surface area contributed by atoms with Crippen molar-refractivity contribution in [1.29, 1.82) is 0 Å². The highest BCUT2D eigenvalue weighted by molar-refractivity contribution is 8.14. The smallest absolute Gasteiger partial charge is 0.385 e. The normalized spacial score (nSPS) is 22.0. The van der Waals surface area contributed by atoms with E-state index < -0.39 is 84.1 Å². The number of phosphoric acid groups is 3. The van der Waals surface area contributed by atoms with Crippen molar-refractivity contribution >= 4 is 69.1 Å². The third-order valence-electron chi connectivity index (χ3n) is 8.81. The number of carbonyl (C=O) groups is 3. The van der Waals surface area contributed by atoms with Crippen LogP contribution in [0.1, 0.15) is 32.8 Å². The summed E-state index contributed by atoms with van der Waals surface area (Å²) in [7, 11) is -16.5. The van der Waals surface area contributed by atoms with Crippen LogP contribution in [0.3, 0.4) is 0 Å². The number of nitrogens with two attached hydrogens (primary N) is 1. The molecule has 0 radical (unpaired) electrons. The maximum atomic E-state index is 12.8. The Morgan fingerprint density at radius 1 is 1.05 bits per heavy atom. The number of nitrogen functional groups attached to an aromatic ring is 1. The van der Waals surface area contributed by atoms with Crippen molar-refractivity contribution in [3.8, 4) is 0 Å². The summed E-state index contributed by atoms with van der Waals surface area (Å²) in [5.74, 6) is -1.23. The van der Waals surface area contributed by atoms with Gasteiger partial charge in [-0.2, -0.15) is 4.31 Å². The van der Waals surface area contributed by atoms with Gasteiger partial charge in [0.1, 0.15) is 36.3 Å². The molecule has 3 aromatic rings. The molecule has 7 atom stereocenters. The summed E-state index contributed by atoms with van der Waals surface area (Å²) in [6.07, 6.45) is -2.60. The first-order valence-corrected chi connectivity index (χ1v) is 23.8. The molecule has 62 heavy (non-hydrogen) atoms. The van der Waals surface area contributed by atoms with Gasteiger partial charge in [0.05, 0.1) is 32.8 Å². The van der Waals surface area contributed by atoms with Crippen molar-refractivity contribution in [1.82, 2.24) is 30.2 Å². The minimum atomic E-state index is -5.60. The Morgan fingerprint density at radius 2 is 1.74 bits per heavy atom. The van der Waals surface area contributed by atoms with Crippen LogP contribution in [0.4, 0.5) is 5.82 Å². The number of rotatable bonds is 24. The summed E-state index contributed by atoms with van der Waals surface area (Å²) in [6, 6.07) is 9.53. The molecule has 1 saturated heterocycles. The van der Waals surface area contributed by atoms with Gasteiger partial charge in [-0.3, -0.25) is 32.5 Å². The Bertz CT molecular complexity index is 2200. The molecule has 2 amide bonds. The fourth-order valence-corrected chi connectivity index (χ4v) is 9.02. The second-order valence-corrected chi connectivity index (χ2v) is 19.5. The number of hydrogen-bond acceptors (Lipinski definition) is 19. The highest BCUT2D eigenvalue weighted by Crippen LogP contribution is 2.61. The number of carbonyl (C=O) groups excluding carboxylic acids is 3. The van der Waals surface area contributed by atoms with Crippen LogP contribution in [0.5, 0.6) is 0 Å². The minimum absolute atomic E-state index is 0.0154. The zero-order chi connectivity index (χ0) is 45.9. The number of benzene rings is 1. The van der Waals surface area contributed by atoms with Crippen molar-refractivity contribution < 1.29 is 85.2 Å². The molecular formula is C33H48N7O18P3S. The monoisotopic (exact) mass is 955 g/mol. The fourth-order valence-electron chi connectivity index (χ4n) is 5.61. The lowest BCUT2D eigenvalue weighted by Crippen LogP contribution is -2.46. The molecule has 0 aliphatic carbocycles. The largest absolute Gasteiger partial charge is 0.481 e. The third kappa shape index (κ3) is 15.0. The van der Waals surface area contributed by atoms with E-state index in [0.717, 1.165) is 34.5 Å². The summed E-state index contributed by atoms with van der Waals surface area (Å²) in [5, 5.41) is 26.5. The number of nitrogens with one attached hydrogen (secondary N) is 2. The van der Waals surface area contributed by atoms with Gasteiger partial charge in [-0.05, 0) is 18.6 Å². The third-order valence-corrected chi connectivity index (χ3v) is 12.7. The average molecular weight is 956 g/mol. The number of aromatic nitrogens is 4. The van der Waals surface area contributed by atoms with Gasteiger partial charge < -0.3 is 55.6 Å². The molecule has 4 rings (SSSR count). The standard InChI is InChI=1S/C33H48N7O18P3S/c1-32(2,28(44)31(45)36-12-11-23(41)35-13-15-62-24(42)10-7-14-53-16-21-8-5-4-6-9-21)18-55-61(51,52)58-60(49,50)54-17-22-26(57-59(46,47)48)27(43)33(3,56-22)40-20-39-25-29(34)37-19-38-30(25)40/h4-10,19-20,22,26-28,43-44H,11-18H2,1-3H3,(H,35,41)(H,36,45)(H,49,50)(H,51,52)(H2,34,37,38)(H2,46,47,48). The number of fused-ring (bicyclic) bond motifs is 1. The number of ether oxygens (including phenoxy) is 2. The van der Waals surface area contributed by atoms with Gasteiger partial charge in [0.2, 0.25) is 16.9 Å². The minimum Gasteiger partial charge on any atom is -0.385 e. The van der Waals surface area contributed by atoms with E-state index in [9.17, 15) is 57.9 Å². The van der Waals surface area contributed by atoms with Gasteiger partial charge in [0.15, 0.2) is 17.2 Å². The Balaban J connectivity index is 1.19. The summed E-state index contributed by atoms with van der Waals surface area (Å²) in [4.78, 5) is 88.2. The first-order valence-electron chi connectivity index (χ1n) is 18.3. The zero-order valence-corrected chi connectivity index (χ0v) is 36.9. The molecule has 1 aliphatic rings. The van der Waals surface area contributed by atoms with E-state index in [-0.39, 0.29) is 54.0 Å². The van der Waals surface area contributed by atoms with Gasteiger partial charge in [-0.25, -0.2) is 28.6 Å². The SMILES string of the molecule is CC(C)(COP(=O)(O)OP(=O)(O)OCC1OC(C)(n2cnc3c(N)ncnc32)C(O)C1OP(=O)(O)O)C(O)C(=O)NCCC(=O)NCCSC(=O)C=CCOCc1ccccc1. The lowest BCUT2D eigenvalue weighted by atomic mass is 9.87. The van der Waals surface area contributed by atoms with Crippen molar-refractivity contribution in [2.45, 2.75) is 63.9 Å². The van der Waals surface area contributed by atoms with Crippen LogP contribution in [0.15, 0.2) is 55.1 Å². The number of thioether (sulfide) groups is 1. The Hall–Kier alpha value is -3.52. The lowest BCUT2D eigenvalue weighted by molar-refractivity contribution is -0.137. The lowest BCUT2D eigenvalue weighted by Gasteiger charge is -2.30. The number of aliphatic hydroxyl groups is 2. The van der Waals surface area contributed by atoms with E-state index in [1.165, 1.54) is 26.8 Å². The number of amides is 2. The van der Waals surface area contributed by atoms with E-state index in [4.69, 9.17) is 28.8 Å². The van der Waals surface area contributed by atoms with Gasteiger partial charge >= 0.3 is 23.5 Å². The van der Waals surface area contributed by atoms with Crippen molar-refractivity contribution in [2.75, 3.05) is 44.4 Å². The molecule has 0 spiro atoms. The van der Waals surface area contributed by atoms with Gasteiger partial charge in [-0.1, -0.05) is 62.0 Å². The summed E-state index contributed by atoms with van der Waals surface area (Å²) in [5.41, 5.74) is 3.29. The van der Waals surface area contributed by atoms with Crippen LogP contribution < -0.4 is 16.4 Å². The second kappa shape index (κ2) is 21.9. The van der Waals surface area contributed by atoms with Crippen molar-refractivity contribution in [3.63, 3.8) is 0 Å². The zero-order valence-electron chi connectivity index (χ0n) is 33.4. The van der Waals surface area contributed by atoms with Gasteiger partial charge in [0, 0.05) is 30.7 Å². The molecule has 25 nitrogen and oxygen atoms in total. The van der Waals surface area contributed by atoms with Gasteiger partial charge in [-0.15, -0.1) is 0 Å². The number of nitrogens with zero attached hydrogens (tertiary/aromatic N) is 4. The Kier molecular flexibility index (Phi) is 18.1. The second-order valence-electron chi connectivity index (χ2n) is 14.2. The summed E-state index contributed by atoms with van der Waals surface area (Å²) < 4.78 is 68.3. The molecule has 1 aliphatic heterocycles. The number of imidazole rings is 1. The van der Waals surface area contributed by atoms with Gasteiger partial charge in [0.25, 0.3) is 0 Å². The Labute approximate surface area is 358 Å². The van der Waals surface area contributed by atoms with Crippen LogP contribution in [-0.4, -0.2) is 129 Å². The molecule has 1 aromatic carbocycles. The molecule has 7 unspecified atom stereocenters. The number of phosphoric ester groups is 3. The highest BCUT2D eigenvalue weighted by Gasteiger charge is 2.57. The first kappa shape index (κ1) is 51.1. The van der Waals surface area contributed by atoms with Crippen molar-refractivity contribution in [2.24, 2.45) is 5.41 Å². The van der Waals surface area contributed by atoms with Crippen LogP contribution in [-0.2, 0) is 67.8 Å². The number of aliphatic hydroxyl groups excluding tert-OH is 2. The van der Waals surface area contributed by atoms with Crippen LogP contribution in [0.25, 0.3) is 11.2 Å². The van der Waals surface area contributed by atoms with E-state index in [2.05, 4.69) is 29.9 Å². The molecule has 0 bridgehead atoms.